The lowest BCUT2D eigenvalue weighted by Crippen LogP contribution is -2.47. The lowest BCUT2D eigenvalue weighted by Gasteiger charge is -2.31. The number of aliphatic carboxylic acids is 1. The largest absolute Gasteiger partial charge is 0.480 e. The minimum absolute atomic E-state index is 0.0809. The molecule has 0 radical (unpaired) electrons. The van der Waals surface area contributed by atoms with E-state index in [-0.39, 0.29) is 12.5 Å². The maximum absolute atomic E-state index is 12.3. The number of amides is 1. The van der Waals surface area contributed by atoms with Gasteiger partial charge in [-0.15, -0.1) is 11.3 Å². The molecule has 1 saturated heterocycles. The van der Waals surface area contributed by atoms with E-state index < -0.39 is 12.0 Å². The van der Waals surface area contributed by atoms with Crippen molar-refractivity contribution >= 4 is 28.3 Å². The number of anilines is 1. The number of carbonyl (C=O) groups is 2. The smallest absolute Gasteiger partial charge is 0.320 e. The number of benzene rings is 1. The Hall–Kier alpha value is -2.25. The van der Waals surface area contributed by atoms with Gasteiger partial charge in [-0.2, -0.15) is 0 Å². The van der Waals surface area contributed by atoms with E-state index in [1.165, 1.54) is 16.9 Å². The average Bonchev–Trinajstić information content (AvgIpc) is 3.11. The number of nitrogens with zero attached hydrogens (tertiary/aromatic N) is 2. The van der Waals surface area contributed by atoms with Crippen molar-refractivity contribution in [2.75, 3.05) is 18.4 Å². The third kappa shape index (κ3) is 5.14. The SMILES string of the molecule is CCCc1ccc(-c2csc(NC(=O)CN3CCCCC3C(=O)O)n2)cc1. The van der Waals surface area contributed by atoms with Gasteiger partial charge in [0.25, 0.3) is 0 Å². The van der Waals surface area contributed by atoms with Crippen LogP contribution >= 0.6 is 11.3 Å². The summed E-state index contributed by atoms with van der Waals surface area (Å²) in [6.07, 6.45) is 4.59. The molecule has 1 fully saturated rings. The Kier molecular flexibility index (Phi) is 6.58. The van der Waals surface area contributed by atoms with Gasteiger partial charge in [-0.3, -0.25) is 14.5 Å². The van der Waals surface area contributed by atoms with Crippen LogP contribution in [0.2, 0.25) is 0 Å². The van der Waals surface area contributed by atoms with Gasteiger partial charge in [0.15, 0.2) is 5.13 Å². The van der Waals surface area contributed by atoms with Crippen LogP contribution in [0, 0.1) is 0 Å². The van der Waals surface area contributed by atoms with Crippen LogP contribution in [0.4, 0.5) is 5.13 Å². The van der Waals surface area contributed by atoms with Crippen molar-refractivity contribution in [1.29, 1.82) is 0 Å². The molecule has 7 heteroatoms. The van der Waals surface area contributed by atoms with Gasteiger partial charge in [-0.25, -0.2) is 4.98 Å². The van der Waals surface area contributed by atoms with Gasteiger partial charge < -0.3 is 10.4 Å². The molecule has 6 nitrogen and oxygen atoms in total. The number of rotatable bonds is 7. The number of hydrogen-bond donors (Lipinski definition) is 2. The average molecular weight is 388 g/mol. The van der Waals surface area contributed by atoms with Crippen molar-refractivity contribution in [2.24, 2.45) is 0 Å². The molecule has 1 atom stereocenters. The minimum atomic E-state index is -0.856. The molecule has 3 rings (SSSR count). The van der Waals surface area contributed by atoms with Gasteiger partial charge in [0.2, 0.25) is 5.91 Å². The van der Waals surface area contributed by atoms with Crippen molar-refractivity contribution < 1.29 is 14.7 Å². The topological polar surface area (TPSA) is 82.5 Å². The molecule has 0 spiro atoms. The van der Waals surface area contributed by atoms with E-state index >= 15 is 0 Å². The molecule has 27 heavy (non-hydrogen) atoms. The summed E-state index contributed by atoms with van der Waals surface area (Å²) < 4.78 is 0. The van der Waals surface area contributed by atoms with Gasteiger partial charge in [0.1, 0.15) is 6.04 Å². The van der Waals surface area contributed by atoms with E-state index in [4.69, 9.17) is 0 Å². The van der Waals surface area contributed by atoms with Crippen molar-refractivity contribution in [3.8, 4) is 11.3 Å². The first kappa shape index (κ1) is 19.5. The predicted molar refractivity (Wildman–Crippen MR) is 107 cm³/mol. The van der Waals surface area contributed by atoms with Crippen LogP contribution in [-0.4, -0.2) is 46.0 Å². The molecular formula is C20H25N3O3S. The predicted octanol–water partition coefficient (Wildman–Crippen LogP) is 3.64. The Balaban J connectivity index is 1.59. The maximum atomic E-state index is 12.3. The summed E-state index contributed by atoms with van der Waals surface area (Å²) >= 11 is 1.38. The first-order valence-electron chi connectivity index (χ1n) is 9.38. The molecule has 1 unspecified atom stereocenters. The number of piperidine rings is 1. The quantitative estimate of drug-likeness (QED) is 0.758. The second-order valence-electron chi connectivity index (χ2n) is 6.85. The highest BCUT2D eigenvalue weighted by atomic mass is 32.1. The highest BCUT2D eigenvalue weighted by Crippen LogP contribution is 2.25. The van der Waals surface area contributed by atoms with Crippen LogP contribution in [0.5, 0.6) is 0 Å². The molecule has 1 aliphatic rings. The van der Waals surface area contributed by atoms with E-state index in [0.29, 0.717) is 18.1 Å². The molecule has 144 valence electrons. The zero-order valence-corrected chi connectivity index (χ0v) is 16.3. The molecule has 0 saturated carbocycles. The number of thiazole rings is 1. The van der Waals surface area contributed by atoms with Gasteiger partial charge in [0.05, 0.1) is 12.2 Å². The zero-order chi connectivity index (χ0) is 19.2. The molecule has 1 aliphatic heterocycles. The lowest BCUT2D eigenvalue weighted by atomic mass is 10.0. The Morgan fingerprint density at radius 1 is 1.30 bits per heavy atom. The number of hydrogen-bond acceptors (Lipinski definition) is 5. The summed E-state index contributed by atoms with van der Waals surface area (Å²) in [6, 6.07) is 7.75. The third-order valence-electron chi connectivity index (χ3n) is 4.78. The van der Waals surface area contributed by atoms with Gasteiger partial charge in [-0.1, -0.05) is 44.0 Å². The van der Waals surface area contributed by atoms with Crippen molar-refractivity contribution in [1.82, 2.24) is 9.88 Å². The Morgan fingerprint density at radius 2 is 2.07 bits per heavy atom. The van der Waals surface area contributed by atoms with E-state index in [0.717, 1.165) is 36.9 Å². The molecule has 2 heterocycles. The van der Waals surface area contributed by atoms with Crippen LogP contribution in [0.15, 0.2) is 29.6 Å². The Labute approximate surface area is 163 Å². The fourth-order valence-electron chi connectivity index (χ4n) is 3.40. The summed E-state index contributed by atoms with van der Waals surface area (Å²) in [5, 5.41) is 14.6. The van der Waals surface area contributed by atoms with Crippen LogP contribution in [0.3, 0.4) is 0 Å². The van der Waals surface area contributed by atoms with E-state index in [1.54, 1.807) is 4.90 Å². The molecule has 0 aliphatic carbocycles. The zero-order valence-electron chi connectivity index (χ0n) is 15.5. The highest BCUT2D eigenvalue weighted by molar-refractivity contribution is 7.14. The molecule has 1 aromatic carbocycles. The van der Waals surface area contributed by atoms with Gasteiger partial charge >= 0.3 is 5.97 Å². The molecule has 0 bridgehead atoms. The Bertz CT molecular complexity index is 788. The summed E-state index contributed by atoms with van der Waals surface area (Å²) in [7, 11) is 0. The fraction of sp³-hybridized carbons (Fsp3) is 0.450. The third-order valence-corrected chi connectivity index (χ3v) is 5.54. The molecule has 1 aromatic heterocycles. The normalized spacial score (nSPS) is 17.6. The summed E-state index contributed by atoms with van der Waals surface area (Å²) in [5.41, 5.74) is 3.16. The summed E-state index contributed by atoms with van der Waals surface area (Å²) in [6.45, 7) is 2.88. The fourth-order valence-corrected chi connectivity index (χ4v) is 4.13. The number of aromatic nitrogens is 1. The first-order chi connectivity index (χ1) is 13.1. The number of carbonyl (C=O) groups excluding carboxylic acids is 1. The molecular weight excluding hydrogens is 362 g/mol. The Morgan fingerprint density at radius 3 is 2.78 bits per heavy atom. The standard InChI is InChI=1S/C20H25N3O3S/c1-2-5-14-7-9-15(10-8-14)16-13-27-20(21-16)22-18(24)12-23-11-4-3-6-17(23)19(25)26/h7-10,13,17H,2-6,11-12H2,1H3,(H,25,26)(H,21,22,24). The summed E-state index contributed by atoms with van der Waals surface area (Å²) in [4.78, 5) is 29.9. The number of nitrogens with one attached hydrogen (secondary N) is 1. The van der Waals surface area contributed by atoms with Crippen molar-refractivity contribution in [3.63, 3.8) is 0 Å². The second-order valence-corrected chi connectivity index (χ2v) is 7.71. The van der Waals surface area contributed by atoms with E-state index in [1.807, 2.05) is 5.38 Å². The van der Waals surface area contributed by atoms with Gasteiger partial charge in [0, 0.05) is 10.9 Å². The summed E-state index contributed by atoms with van der Waals surface area (Å²) in [5.74, 6) is -1.08. The molecule has 2 N–H and O–H groups in total. The van der Waals surface area contributed by atoms with Crippen molar-refractivity contribution in [2.45, 2.75) is 45.1 Å². The molecule has 2 aromatic rings. The number of carboxylic acids is 1. The van der Waals surface area contributed by atoms with Gasteiger partial charge in [-0.05, 0) is 31.4 Å². The second kappa shape index (κ2) is 9.10. The highest BCUT2D eigenvalue weighted by Gasteiger charge is 2.29. The molecule has 1 amide bonds. The monoisotopic (exact) mass is 387 g/mol. The van der Waals surface area contributed by atoms with Crippen LogP contribution in [-0.2, 0) is 16.0 Å². The van der Waals surface area contributed by atoms with Crippen LogP contribution in [0.1, 0.15) is 38.2 Å². The number of carboxylic acid groups (broad SMARTS) is 1. The minimum Gasteiger partial charge on any atom is -0.480 e. The van der Waals surface area contributed by atoms with Crippen LogP contribution < -0.4 is 5.32 Å². The van der Waals surface area contributed by atoms with Crippen LogP contribution in [0.25, 0.3) is 11.3 Å². The maximum Gasteiger partial charge on any atom is 0.320 e. The van der Waals surface area contributed by atoms with E-state index in [2.05, 4.69) is 41.5 Å². The van der Waals surface area contributed by atoms with Crippen molar-refractivity contribution in [3.05, 3.63) is 35.2 Å². The first-order valence-corrected chi connectivity index (χ1v) is 10.3. The number of likely N-dealkylation sites (tertiary alicyclic amines) is 1. The van der Waals surface area contributed by atoms with E-state index in [9.17, 15) is 14.7 Å². The number of aryl methyl sites for hydroxylation is 1. The lowest BCUT2D eigenvalue weighted by molar-refractivity contribution is -0.145.